The van der Waals surface area contributed by atoms with Crippen molar-refractivity contribution in [1.82, 2.24) is 5.32 Å². The molecule has 0 aromatic heterocycles. The second kappa shape index (κ2) is 20.2. The minimum atomic E-state index is -0.768. The molecule has 0 radical (unpaired) electrons. The Kier molecular flexibility index (Phi) is 19.5. The van der Waals surface area contributed by atoms with Gasteiger partial charge in [-0.1, -0.05) is 83.3 Å². The van der Waals surface area contributed by atoms with Crippen LogP contribution in [0.3, 0.4) is 0 Å². The van der Waals surface area contributed by atoms with E-state index in [9.17, 15) is 4.79 Å². The Morgan fingerprint density at radius 1 is 0.750 bits per heavy atom. The number of hydrogen-bond acceptors (Lipinski definition) is 2. The van der Waals surface area contributed by atoms with Crippen LogP contribution >= 0.6 is 0 Å². The van der Waals surface area contributed by atoms with Gasteiger partial charge < -0.3 is 10.4 Å². The molecule has 0 aliphatic heterocycles. The molecule has 0 atom stereocenters. The van der Waals surface area contributed by atoms with E-state index in [1.807, 2.05) is 0 Å². The molecular weight excluding hydrogens is 298 g/mol. The third-order valence-electron chi connectivity index (χ3n) is 4.39. The summed E-state index contributed by atoms with van der Waals surface area (Å²) in [4.78, 5) is 10.3. The van der Waals surface area contributed by atoms with Crippen molar-refractivity contribution in [3.05, 3.63) is 12.2 Å². The van der Waals surface area contributed by atoms with Crippen LogP contribution in [0.15, 0.2) is 12.2 Å². The van der Waals surface area contributed by atoms with Gasteiger partial charge >= 0.3 is 5.97 Å². The number of aliphatic carboxylic acids is 1. The van der Waals surface area contributed by atoms with Gasteiger partial charge in [-0.15, -0.1) is 0 Å². The van der Waals surface area contributed by atoms with Gasteiger partial charge in [-0.2, -0.15) is 0 Å². The summed E-state index contributed by atoms with van der Waals surface area (Å²) in [6.45, 7) is 3.19. The van der Waals surface area contributed by atoms with E-state index in [0.717, 1.165) is 13.0 Å². The van der Waals surface area contributed by atoms with Gasteiger partial charge in [0.05, 0.1) is 6.54 Å². The summed E-state index contributed by atoms with van der Waals surface area (Å²) in [5, 5.41) is 11.4. The van der Waals surface area contributed by atoms with Gasteiger partial charge in [-0.3, -0.25) is 4.79 Å². The number of hydrogen-bond donors (Lipinski definition) is 2. The maximum Gasteiger partial charge on any atom is 0.317 e. The van der Waals surface area contributed by atoms with Crippen LogP contribution in [0.4, 0.5) is 0 Å². The van der Waals surface area contributed by atoms with E-state index in [-0.39, 0.29) is 6.54 Å². The lowest BCUT2D eigenvalue weighted by Gasteiger charge is -2.02. The highest BCUT2D eigenvalue weighted by molar-refractivity contribution is 5.68. The zero-order valence-electron chi connectivity index (χ0n) is 16.0. The molecule has 0 aliphatic rings. The van der Waals surface area contributed by atoms with Gasteiger partial charge in [0, 0.05) is 0 Å². The van der Waals surface area contributed by atoms with Gasteiger partial charge in [0.1, 0.15) is 0 Å². The zero-order valence-corrected chi connectivity index (χ0v) is 16.0. The van der Waals surface area contributed by atoms with Crippen LogP contribution in [0.2, 0.25) is 0 Å². The zero-order chi connectivity index (χ0) is 17.7. The first-order chi connectivity index (χ1) is 11.8. The number of allylic oxidation sites excluding steroid dienone is 2. The Morgan fingerprint density at radius 3 is 1.71 bits per heavy atom. The third kappa shape index (κ3) is 21.2. The van der Waals surface area contributed by atoms with Crippen molar-refractivity contribution >= 4 is 5.97 Å². The second-order valence-corrected chi connectivity index (χ2v) is 6.86. The number of nitrogens with one attached hydrogen (secondary N) is 1. The summed E-state index contributed by atoms with van der Waals surface area (Å²) in [7, 11) is 0. The van der Waals surface area contributed by atoms with Crippen molar-refractivity contribution in [3.63, 3.8) is 0 Å². The second-order valence-electron chi connectivity index (χ2n) is 6.86. The molecule has 0 bridgehead atoms. The molecule has 24 heavy (non-hydrogen) atoms. The molecule has 2 N–H and O–H groups in total. The average Bonchev–Trinajstić information content (AvgIpc) is 2.56. The highest BCUT2D eigenvalue weighted by Gasteiger charge is 1.95. The molecule has 0 aromatic carbocycles. The largest absolute Gasteiger partial charge is 0.480 e. The van der Waals surface area contributed by atoms with Gasteiger partial charge in [0.25, 0.3) is 0 Å². The van der Waals surface area contributed by atoms with Gasteiger partial charge in [0.2, 0.25) is 0 Å². The first-order valence-corrected chi connectivity index (χ1v) is 10.3. The number of carboxylic acid groups (broad SMARTS) is 1. The number of carboxylic acids is 1. The van der Waals surface area contributed by atoms with E-state index in [1.54, 1.807) is 0 Å². The molecule has 0 amide bonds. The SMILES string of the molecule is CCCCCCCCC=CCCCCCCCCCNCC(=O)O. The summed E-state index contributed by atoms with van der Waals surface area (Å²) in [6.07, 6.45) is 24.5. The molecule has 3 heteroatoms. The molecule has 3 nitrogen and oxygen atoms in total. The standard InChI is InChI=1S/C21H41NO2/c1-2-3-4-5-6-7-8-9-10-11-12-13-14-15-16-17-18-19-22-20-21(23)24/h9-10,22H,2-8,11-20H2,1H3,(H,23,24). The van der Waals surface area contributed by atoms with Gasteiger partial charge in [-0.25, -0.2) is 0 Å². The van der Waals surface area contributed by atoms with Crippen LogP contribution in [0.25, 0.3) is 0 Å². The third-order valence-corrected chi connectivity index (χ3v) is 4.39. The highest BCUT2D eigenvalue weighted by Crippen LogP contribution is 2.10. The minimum Gasteiger partial charge on any atom is -0.480 e. The lowest BCUT2D eigenvalue weighted by atomic mass is 10.1. The van der Waals surface area contributed by atoms with E-state index in [4.69, 9.17) is 5.11 Å². The van der Waals surface area contributed by atoms with Crippen LogP contribution in [0, 0.1) is 0 Å². The van der Waals surface area contributed by atoms with Crippen molar-refractivity contribution in [1.29, 1.82) is 0 Å². The fraction of sp³-hybridized carbons (Fsp3) is 0.857. The summed E-state index contributed by atoms with van der Waals surface area (Å²) in [5.41, 5.74) is 0. The smallest absolute Gasteiger partial charge is 0.317 e. The van der Waals surface area contributed by atoms with Crippen molar-refractivity contribution in [2.45, 2.75) is 103 Å². The van der Waals surface area contributed by atoms with Crippen LogP contribution < -0.4 is 5.32 Å². The Balaban J connectivity index is 3.06. The molecule has 0 heterocycles. The van der Waals surface area contributed by atoms with Crippen LogP contribution in [0.5, 0.6) is 0 Å². The summed E-state index contributed by atoms with van der Waals surface area (Å²) < 4.78 is 0. The van der Waals surface area contributed by atoms with Crippen molar-refractivity contribution < 1.29 is 9.90 Å². The number of rotatable bonds is 19. The molecule has 0 spiro atoms. The first-order valence-electron chi connectivity index (χ1n) is 10.3. The predicted octanol–water partition coefficient (Wildman–Crippen LogP) is 6.09. The quantitative estimate of drug-likeness (QED) is 0.221. The van der Waals surface area contributed by atoms with Gasteiger partial charge in [-0.05, 0) is 38.6 Å². The van der Waals surface area contributed by atoms with E-state index in [1.165, 1.54) is 89.9 Å². The Labute approximate surface area is 150 Å². The van der Waals surface area contributed by atoms with E-state index < -0.39 is 5.97 Å². The minimum absolute atomic E-state index is 0.0897. The number of carbonyl (C=O) groups is 1. The summed E-state index contributed by atoms with van der Waals surface area (Å²) in [5.74, 6) is -0.768. The summed E-state index contributed by atoms with van der Waals surface area (Å²) in [6, 6.07) is 0. The molecule has 0 fully saturated rings. The fourth-order valence-corrected chi connectivity index (χ4v) is 2.87. The van der Waals surface area contributed by atoms with Crippen LogP contribution in [-0.2, 0) is 4.79 Å². The van der Waals surface area contributed by atoms with Crippen LogP contribution in [0.1, 0.15) is 103 Å². The van der Waals surface area contributed by atoms with E-state index in [2.05, 4.69) is 24.4 Å². The first kappa shape index (κ1) is 23.2. The average molecular weight is 340 g/mol. The van der Waals surface area contributed by atoms with Gasteiger partial charge in [0.15, 0.2) is 0 Å². The van der Waals surface area contributed by atoms with Crippen molar-refractivity contribution in [2.24, 2.45) is 0 Å². The van der Waals surface area contributed by atoms with Crippen molar-refractivity contribution in [2.75, 3.05) is 13.1 Å². The summed E-state index contributed by atoms with van der Waals surface area (Å²) >= 11 is 0. The molecule has 0 rings (SSSR count). The maximum atomic E-state index is 10.3. The highest BCUT2D eigenvalue weighted by atomic mass is 16.4. The monoisotopic (exact) mass is 339 g/mol. The molecule has 142 valence electrons. The van der Waals surface area contributed by atoms with E-state index in [0.29, 0.717) is 0 Å². The van der Waals surface area contributed by atoms with Crippen molar-refractivity contribution in [3.8, 4) is 0 Å². The Morgan fingerprint density at radius 2 is 1.21 bits per heavy atom. The number of unbranched alkanes of at least 4 members (excludes halogenated alkanes) is 13. The molecule has 0 aliphatic carbocycles. The molecular formula is C21H41NO2. The molecule has 0 saturated carbocycles. The van der Waals surface area contributed by atoms with Crippen LogP contribution in [-0.4, -0.2) is 24.2 Å². The van der Waals surface area contributed by atoms with E-state index >= 15 is 0 Å². The fourth-order valence-electron chi connectivity index (χ4n) is 2.87. The topological polar surface area (TPSA) is 49.3 Å². The Bertz CT molecular complexity index is 290. The maximum absolute atomic E-state index is 10.3. The molecule has 0 aromatic rings. The molecule has 0 unspecified atom stereocenters. The lowest BCUT2D eigenvalue weighted by Crippen LogP contribution is -2.23. The predicted molar refractivity (Wildman–Crippen MR) is 105 cm³/mol. The normalized spacial score (nSPS) is 11.4. The lowest BCUT2D eigenvalue weighted by molar-refractivity contribution is -0.135. The molecule has 0 saturated heterocycles. The Hall–Kier alpha value is -0.830.